The highest BCUT2D eigenvalue weighted by Crippen LogP contribution is 2.25. The Bertz CT molecular complexity index is 344. The summed E-state index contributed by atoms with van der Waals surface area (Å²) < 4.78 is 6.09. The molecule has 0 N–H and O–H groups in total. The highest BCUT2D eigenvalue weighted by Gasteiger charge is 2.00. The second kappa shape index (κ2) is 5.66. The van der Waals surface area contributed by atoms with Crippen molar-refractivity contribution < 1.29 is 4.74 Å². The van der Waals surface area contributed by atoms with Crippen molar-refractivity contribution in [3.63, 3.8) is 0 Å². The first-order chi connectivity index (χ1) is 6.77. The van der Waals surface area contributed by atoms with Crippen LogP contribution in [0.4, 0.5) is 0 Å². The second-order valence-corrected chi connectivity index (χ2v) is 3.83. The third kappa shape index (κ3) is 3.04. The Morgan fingerprint density at radius 1 is 1.50 bits per heavy atom. The number of hydrogen-bond acceptors (Lipinski definition) is 2. The standard InChI is InChI=1S/C11H12BrNO/c1-14-11-6-5-9(8-10(11)12)4-2-3-7-13/h5-6,8H,2-4H2,1H3. The lowest BCUT2D eigenvalue weighted by Crippen LogP contribution is -1.88. The molecule has 0 amide bonds. The minimum Gasteiger partial charge on any atom is -0.496 e. The van der Waals surface area contributed by atoms with Crippen LogP contribution < -0.4 is 4.74 Å². The number of benzene rings is 1. The smallest absolute Gasteiger partial charge is 0.133 e. The number of nitriles is 1. The van der Waals surface area contributed by atoms with Crippen molar-refractivity contribution in [2.45, 2.75) is 19.3 Å². The van der Waals surface area contributed by atoms with Gasteiger partial charge < -0.3 is 4.74 Å². The van der Waals surface area contributed by atoms with E-state index in [-0.39, 0.29) is 0 Å². The lowest BCUT2D eigenvalue weighted by atomic mass is 10.1. The number of nitrogens with zero attached hydrogens (tertiary/aromatic N) is 1. The predicted molar refractivity (Wildman–Crippen MR) is 59.2 cm³/mol. The molecular formula is C11H12BrNO. The zero-order valence-electron chi connectivity index (χ0n) is 8.09. The summed E-state index contributed by atoms with van der Waals surface area (Å²) in [6, 6.07) is 8.14. The Morgan fingerprint density at radius 2 is 2.29 bits per heavy atom. The normalized spacial score (nSPS) is 9.50. The summed E-state index contributed by atoms with van der Waals surface area (Å²) in [5, 5.41) is 8.40. The molecule has 0 aliphatic heterocycles. The van der Waals surface area contributed by atoms with Gasteiger partial charge in [0.05, 0.1) is 17.7 Å². The van der Waals surface area contributed by atoms with Crippen molar-refractivity contribution >= 4 is 15.9 Å². The van der Waals surface area contributed by atoms with Gasteiger partial charge in [-0.3, -0.25) is 0 Å². The Balaban J connectivity index is 2.63. The third-order valence-electron chi connectivity index (χ3n) is 1.97. The van der Waals surface area contributed by atoms with Crippen LogP contribution in [0.5, 0.6) is 5.75 Å². The molecule has 1 aromatic carbocycles. The van der Waals surface area contributed by atoms with Crippen molar-refractivity contribution in [2.24, 2.45) is 0 Å². The van der Waals surface area contributed by atoms with Crippen LogP contribution in [0.2, 0.25) is 0 Å². The molecule has 0 aliphatic rings. The molecule has 1 rings (SSSR count). The number of unbranched alkanes of at least 4 members (excludes halogenated alkanes) is 1. The first-order valence-corrected chi connectivity index (χ1v) is 5.26. The molecule has 0 heterocycles. The Kier molecular flexibility index (Phi) is 4.48. The van der Waals surface area contributed by atoms with E-state index < -0.39 is 0 Å². The van der Waals surface area contributed by atoms with Crippen LogP contribution in [0.3, 0.4) is 0 Å². The number of halogens is 1. The Labute approximate surface area is 92.6 Å². The van der Waals surface area contributed by atoms with Gasteiger partial charge in [0.2, 0.25) is 0 Å². The first-order valence-electron chi connectivity index (χ1n) is 4.47. The first kappa shape index (κ1) is 11.1. The van der Waals surface area contributed by atoms with Crippen molar-refractivity contribution in [3.8, 4) is 11.8 Å². The van der Waals surface area contributed by atoms with Crippen LogP contribution in [-0.4, -0.2) is 7.11 Å². The van der Waals surface area contributed by atoms with Crippen molar-refractivity contribution in [1.29, 1.82) is 5.26 Å². The number of aryl methyl sites for hydroxylation is 1. The average molecular weight is 254 g/mol. The van der Waals surface area contributed by atoms with Crippen molar-refractivity contribution in [1.82, 2.24) is 0 Å². The van der Waals surface area contributed by atoms with E-state index >= 15 is 0 Å². The molecule has 1 aromatic rings. The van der Waals surface area contributed by atoms with Gasteiger partial charge in [0.25, 0.3) is 0 Å². The highest BCUT2D eigenvalue weighted by molar-refractivity contribution is 9.10. The van der Waals surface area contributed by atoms with Gasteiger partial charge in [-0.05, 0) is 46.5 Å². The maximum atomic E-state index is 8.40. The molecule has 14 heavy (non-hydrogen) atoms. The molecule has 0 radical (unpaired) electrons. The maximum absolute atomic E-state index is 8.40. The molecular weight excluding hydrogens is 242 g/mol. The third-order valence-corrected chi connectivity index (χ3v) is 2.59. The fourth-order valence-electron chi connectivity index (χ4n) is 1.24. The predicted octanol–water partition coefficient (Wildman–Crippen LogP) is 3.30. The van der Waals surface area contributed by atoms with Crippen LogP contribution in [0.25, 0.3) is 0 Å². The maximum Gasteiger partial charge on any atom is 0.133 e. The SMILES string of the molecule is COc1ccc(CCCC#N)cc1Br. The monoisotopic (exact) mass is 253 g/mol. The molecule has 2 nitrogen and oxygen atoms in total. The van der Waals surface area contributed by atoms with Crippen molar-refractivity contribution in [2.75, 3.05) is 7.11 Å². The minimum absolute atomic E-state index is 0.615. The summed E-state index contributed by atoms with van der Waals surface area (Å²) in [5.74, 6) is 0.842. The van der Waals surface area contributed by atoms with Gasteiger partial charge in [0, 0.05) is 6.42 Å². The molecule has 0 aromatic heterocycles. The lowest BCUT2D eigenvalue weighted by Gasteiger charge is -2.05. The topological polar surface area (TPSA) is 33.0 Å². The zero-order chi connectivity index (χ0) is 10.4. The quantitative estimate of drug-likeness (QED) is 0.772. The van der Waals surface area contributed by atoms with Gasteiger partial charge in [-0.2, -0.15) is 5.26 Å². The fourth-order valence-corrected chi connectivity index (χ4v) is 1.83. The number of hydrogen-bond donors (Lipinski definition) is 0. The molecule has 0 atom stereocenters. The van der Waals surface area contributed by atoms with Gasteiger partial charge in [0.1, 0.15) is 5.75 Å². The lowest BCUT2D eigenvalue weighted by molar-refractivity contribution is 0.412. The average Bonchev–Trinajstić information content (AvgIpc) is 2.18. The van der Waals surface area contributed by atoms with E-state index in [1.165, 1.54) is 5.56 Å². The highest BCUT2D eigenvalue weighted by atomic mass is 79.9. The molecule has 0 bridgehead atoms. The van der Waals surface area contributed by atoms with Crippen molar-refractivity contribution in [3.05, 3.63) is 28.2 Å². The number of rotatable bonds is 4. The van der Waals surface area contributed by atoms with E-state index in [4.69, 9.17) is 10.00 Å². The second-order valence-electron chi connectivity index (χ2n) is 2.98. The molecule has 0 saturated carbocycles. The molecule has 0 saturated heterocycles. The van der Waals surface area contributed by atoms with Gasteiger partial charge >= 0.3 is 0 Å². The Morgan fingerprint density at radius 3 is 2.86 bits per heavy atom. The van der Waals surface area contributed by atoms with Gasteiger partial charge in [-0.15, -0.1) is 0 Å². The summed E-state index contributed by atoms with van der Waals surface area (Å²) >= 11 is 3.43. The van der Waals surface area contributed by atoms with Crippen LogP contribution in [-0.2, 0) is 6.42 Å². The molecule has 0 aliphatic carbocycles. The minimum atomic E-state index is 0.615. The van der Waals surface area contributed by atoms with Gasteiger partial charge in [0.15, 0.2) is 0 Å². The zero-order valence-corrected chi connectivity index (χ0v) is 9.67. The van der Waals surface area contributed by atoms with E-state index in [0.717, 1.165) is 23.1 Å². The summed E-state index contributed by atoms with van der Waals surface area (Å²) in [5.41, 5.74) is 1.23. The molecule has 0 unspecified atom stereocenters. The Hall–Kier alpha value is -1.01. The largest absolute Gasteiger partial charge is 0.496 e. The van der Waals surface area contributed by atoms with E-state index in [1.54, 1.807) is 7.11 Å². The molecule has 0 spiro atoms. The van der Waals surface area contributed by atoms with Gasteiger partial charge in [-0.1, -0.05) is 6.07 Å². The van der Waals surface area contributed by atoms with Crippen LogP contribution >= 0.6 is 15.9 Å². The fraction of sp³-hybridized carbons (Fsp3) is 0.364. The number of methoxy groups -OCH3 is 1. The summed E-state index contributed by atoms with van der Waals surface area (Å²) in [4.78, 5) is 0. The molecule has 3 heteroatoms. The number of ether oxygens (including phenoxy) is 1. The van der Waals surface area contributed by atoms with Crippen LogP contribution in [0.15, 0.2) is 22.7 Å². The van der Waals surface area contributed by atoms with E-state index in [0.29, 0.717) is 6.42 Å². The molecule has 0 fully saturated rings. The van der Waals surface area contributed by atoms with Gasteiger partial charge in [-0.25, -0.2) is 0 Å². The summed E-state index contributed by atoms with van der Waals surface area (Å²) in [6.07, 6.45) is 2.47. The van der Waals surface area contributed by atoms with E-state index in [2.05, 4.69) is 22.0 Å². The van der Waals surface area contributed by atoms with E-state index in [1.807, 2.05) is 18.2 Å². The van der Waals surface area contributed by atoms with Crippen LogP contribution in [0, 0.1) is 11.3 Å². The summed E-state index contributed by atoms with van der Waals surface area (Å²) in [7, 11) is 1.65. The summed E-state index contributed by atoms with van der Waals surface area (Å²) in [6.45, 7) is 0. The van der Waals surface area contributed by atoms with Crippen LogP contribution in [0.1, 0.15) is 18.4 Å². The van der Waals surface area contributed by atoms with E-state index in [9.17, 15) is 0 Å². The molecule has 74 valence electrons.